The third-order valence-corrected chi connectivity index (χ3v) is 7.46. The highest BCUT2D eigenvalue weighted by molar-refractivity contribution is 7.01. The van der Waals surface area contributed by atoms with E-state index in [2.05, 4.69) is 63.3 Å². The van der Waals surface area contributed by atoms with Gasteiger partial charge in [-0.1, -0.05) is 49.5 Å². The van der Waals surface area contributed by atoms with Crippen LogP contribution < -0.4 is 15.1 Å². The van der Waals surface area contributed by atoms with Crippen LogP contribution in [0.4, 0.5) is 0 Å². The van der Waals surface area contributed by atoms with Crippen molar-refractivity contribution in [2.24, 2.45) is 0 Å². The Hall–Kier alpha value is -1.54. The van der Waals surface area contributed by atoms with Crippen molar-refractivity contribution in [1.82, 2.24) is 0 Å². The van der Waals surface area contributed by atoms with Crippen LogP contribution in [0, 0.1) is 13.8 Å². The molecule has 1 aliphatic rings. The zero-order valence-electron chi connectivity index (χ0n) is 11.4. The average Bonchev–Trinajstić information content (AvgIpc) is 2.32. The maximum atomic E-state index is 6.21. The third kappa shape index (κ3) is 1.45. The summed E-state index contributed by atoms with van der Waals surface area (Å²) in [6.07, 6.45) is 0. The molecule has 0 N–H and O–H groups in total. The van der Waals surface area contributed by atoms with Crippen molar-refractivity contribution in [3.63, 3.8) is 0 Å². The number of aryl methyl sites for hydroxylation is 2. The van der Waals surface area contributed by atoms with E-state index >= 15 is 0 Å². The lowest BCUT2D eigenvalue weighted by molar-refractivity contribution is 0.479. The smallest absolute Gasteiger partial charge is 0.129 e. The van der Waals surface area contributed by atoms with Crippen LogP contribution in [0.25, 0.3) is 0 Å². The normalized spacial score (nSPS) is 15.6. The lowest BCUT2D eigenvalue weighted by Crippen LogP contribution is -2.56. The highest BCUT2D eigenvalue weighted by atomic mass is 28.3. The van der Waals surface area contributed by atoms with Crippen LogP contribution in [0.3, 0.4) is 0 Å². The molecule has 0 fully saturated rings. The Morgan fingerprint density at radius 2 is 1.22 bits per heavy atom. The first-order valence-electron chi connectivity index (χ1n) is 6.40. The van der Waals surface area contributed by atoms with Crippen LogP contribution in [0.2, 0.25) is 13.1 Å². The molecule has 0 unspecified atom stereocenters. The van der Waals surface area contributed by atoms with E-state index in [-0.39, 0.29) is 0 Å². The number of fused-ring (bicyclic) bond motifs is 2. The molecule has 0 spiro atoms. The number of hydrogen-bond acceptors (Lipinski definition) is 1. The predicted octanol–water partition coefficient (Wildman–Crippen LogP) is 3.23. The van der Waals surface area contributed by atoms with Crippen LogP contribution >= 0.6 is 0 Å². The van der Waals surface area contributed by atoms with Crippen molar-refractivity contribution >= 4 is 18.4 Å². The fourth-order valence-corrected chi connectivity index (χ4v) is 5.76. The summed E-state index contributed by atoms with van der Waals surface area (Å²) in [6, 6.07) is 13.0. The van der Waals surface area contributed by atoms with Gasteiger partial charge in [0.2, 0.25) is 0 Å². The Kier molecular flexibility index (Phi) is 2.39. The Labute approximate surface area is 109 Å². The summed E-state index contributed by atoms with van der Waals surface area (Å²) in [4.78, 5) is 0. The molecule has 1 heterocycles. The molecule has 3 rings (SSSR count). The molecule has 18 heavy (non-hydrogen) atoms. The Morgan fingerprint density at radius 1 is 0.778 bits per heavy atom. The van der Waals surface area contributed by atoms with Gasteiger partial charge in [-0.05, 0) is 35.3 Å². The van der Waals surface area contributed by atoms with Crippen molar-refractivity contribution in [3.8, 4) is 11.5 Å². The molecule has 0 aromatic heterocycles. The number of ether oxygens (including phenoxy) is 1. The summed E-state index contributed by atoms with van der Waals surface area (Å²) < 4.78 is 6.21. The first kappa shape index (κ1) is 11.5. The van der Waals surface area contributed by atoms with Crippen LogP contribution in [0.1, 0.15) is 11.1 Å². The SMILES string of the molecule is Cc1cccc2c1Oc1c(C)cccc1[Si]2(C)C. The van der Waals surface area contributed by atoms with Gasteiger partial charge in [-0.15, -0.1) is 0 Å². The van der Waals surface area contributed by atoms with E-state index in [0.29, 0.717) is 0 Å². The molecule has 0 saturated heterocycles. The maximum absolute atomic E-state index is 6.21. The zero-order chi connectivity index (χ0) is 12.9. The van der Waals surface area contributed by atoms with E-state index in [9.17, 15) is 0 Å². The van der Waals surface area contributed by atoms with E-state index < -0.39 is 8.07 Å². The first-order valence-corrected chi connectivity index (χ1v) is 9.40. The fourth-order valence-electron chi connectivity index (χ4n) is 2.81. The van der Waals surface area contributed by atoms with Crippen molar-refractivity contribution < 1.29 is 4.74 Å². The minimum atomic E-state index is -1.62. The highest BCUT2D eigenvalue weighted by Gasteiger charge is 2.37. The molecule has 0 saturated carbocycles. The number of hydrogen-bond donors (Lipinski definition) is 0. The van der Waals surface area contributed by atoms with Gasteiger partial charge in [0.1, 0.15) is 19.6 Å². The standard InChI is InChI=1S/C16H18OSi/c1-11-7-5-9-13-15(11)17-16-12(2)8-6-10-14(16)18(13,3)4/h5-10H,1-4H3. The van der Waals surface area contributed by atoms with Crippen molar-refractivity contribution in [1.29, 1.82) is 0 Å². The summed E-state index contributed by atoms with van der Waals surface area (Å²) in [5.41, 5.74) is 2.48. The fraction of sp³-hybridized carbons (Fsp3) is 0.250. The second kappa shape index (κ2) is 3.72. The van der Waals surface area contributed by atoms with Crippen LogP contribution in [-0.4, -0.2) is 8.07 Å². The van der Waals surface area contributed by atoms with Crippen LogP contribution in [-0.2, 0) is 0 Å². The lowest BCUT2D eigenvalue weighted by Gasteiger charge is -2.34. The summed E-state index contributed by atoms with van der Waals surface area (Å²) in [5, 5.41) is 2.83. The number of benzene rings is 2. The second-order valence-corrected chi connectivity index (χ2v) is 9.96. The monoisotopic (exact) mass is 254 g/mol. The van der Waals surface area contributed by atoms with E-state index in [1.54, 1.807) is 0 Å². The molecule has 0 radical (unpaired) electrons. The van der Waals surface area contributed by atoms with Gasteiger partial charge in [0.25, 0.3) is 0 Å². The number of para-hydroxylation sites is 2. The van der Waals surface area contributed by atoms with Gasteiger partial charge in [0, 0.05) is 0 Å². The van der Waals surface area contributed by atoms with Gasteiger partial charge < -0.3 is 4.74 Å². The van der Waals surface area contributed by atoms with Crippen molar-refractivity contribution in [3.05, 3.63) is 47.5 Å². The molecule has 0 atom stereocenters. The van der Waals surface area contributed by atoms with Crippen LogP contribution in [0.5, 0.6) is 11.5 Å². The lowest BCUT2D eigenvalue weighted by atomic mass is 10.2. The average molecular weight is 254 g/mol. The Bertz CT molecular complexity index is 575. The maximum Gasteiger partial charge on any atom is 0.129 e. The van der Waals surface area contributed by atoms with E-state index in [1.807, 2.05) is 0 Å². The summed E-state index contributed by atoms with van der Waals surface area (Å²) in [5.74, 6) is 2.19. The second-order valence-electron chi connectivity index (χ2n) is 5.63. The minimum Gasteiger partial charge on any atom is -0.457 e. The van der Waals surface area contributed by atoms with Crippen LogP contribution in [0.15, 0.2) is 36.4 Å². The van der Waals surface area contributed by atoms with E-state index in [1.165, 1.54) is 21.5 Å². The molecular weight excluding hydrogens is 236 g/mol. The van der Waals surface area contributed by atoms with E-state index in [0.717, 1.165) is 11.5 Å². The minimum absolute atomic E-state index is 1.09. The molecular formula is C16H18OSi. The zero-order valence-corrected chi connectivity index (χ0v) is 12.4. The van der Waals surface area contributed by atoms with Gasteiger partial charge in [-0.2, -0.15) is 0 Å². The van der Waals surface area contributed by atoms with Gasteiger partial charge in [0.05, 0.1) is 0 Å². The Morgan fingerprint density at radius 3 is 1.67 bits per heavy atom. The van der Waals surface area contributed by atoms with E-state index in [4.69, 9.17) is 4.74 Å². The molecule has 0 aliphatic carbocycles. The molecule has 2 aromatic rings. The Balaban J connectivity index is 2.33. The topological polar surface area (TPSA) is 9.23 Å². The van der Waals surface area contributed by atoms with Gasteiger partial charge in [-0.3, -0.25) is 0 Å². The van der Waals surface area contributed by atoms with Crippen molar-refractivity contribution in [2.45, 2.75) is 26.9 Å². The molecule has 2 aromatic carbocycles. The summed E-state index contributed by atoms with van der Waals surface area (Å²) >= 11 is 0. The predicted molar refractivity (Wildman–Crippen MR) is 79.2 cm³/mol. The molecule has 0 amide bonds. The largest absolute Gasteiger partial charge is 0.457 e. The van der Waals surface area contributed by atoms with Gasteiger partial charge in [-0.25, -0.2) is 0 Å². The first-order chi connectivity index (χ1) is 8.51. The van der Waals surface area contributed by atoms with Gasteiger partial charge >= 0.3 is 0 Å². The van der Waals surface area contributed by atoms with Gasteiger partial charge in [0.15, 0.2) is 0 Å². The molecule has 1 nitrogen and oxygen atoms in total. The molecule has 2 heteroatoms. The molecule has 92 valence electrons. The molecule has 1 aliphatic heterocycles. The summed E-state index contributed by atoms with van der Waals surface area (Å²) in [7, 11) is -1.62. The molecule has 0 bridgehead atoms. The summed E-state index contributed by atoms with van der Waals surface area (Å²) in [6.45, 7) is 9.08. The third-order valence-electron chi connectivity index (χ3n) is 3.97. The highest BCUT2D eigenvalue weighted by Crippen LogP contribution is 2.32. The quantitative estimate of drug-likeness (QED) is 0.656. The number of rotatable bonds is 0. The van der Waals surface area contributed by atoms with Crippen molar-refractivity contribution in [2.75, 3.05) is 0 Å².